The maximum absolute atomic E-state index is 5.82. The Morgan fingerprint density at radius 3 is 2.88 bits per heavy atom. The van der Waals surface area contributed by atoms with Gasteiger partial charge in [-0.2, -0.15) is 5.10 Å². The number of fused-ring (bicyclic) bond motifs is 1. The second kappa shape index (κ2) is 7.95. The Hall–Kier alpha value is -2.28. The van der Waals surface area contributed by atoms with Crippen LogP contribution in [0, 0.1) is 6.92 Å². The van der Waals surface area contributed by atoms with E-state index >= 15 is 0 Å². The normalized spacial score (nSPS) is 15.6. The van der Waals surface area contributed by atoms with Crippen molar-refractivity contribution >= 4 is 10.9 Å². The number of morpholine rings is 1. The molecule has 0 bridgehead atoms. The molecule has 0 radical (unpaired) electrons. The lowest BCUT2D eigenvalue weighted by molar-refractivity contribution is 0.0176. The van der Waals surface area contributed by atoms with Gasteiger partial charge in [0.1, 0.15) is 0 Å². The molecular weight excluding hydrogens is 328 g/mol. The SMILES string of the molecule is Cc1cc(COCCN2CCOCC2)nn1-c1cnc2ccccc2c1. The van der Waals surface area contributed by atoms with Crippen LogP contribution in [0.4, 0.5) is 0 Å². The lowest BCUT2D eigenvalue weighted by atomic mass is 10.2. The van der Waals surface area contributed by atoms with Crippen LogP contribution in [0.2, 0.25) is 0 Å². The molecule has 0 unspecified atom stereocenters. The first kappa shape index (κ1) is 17.1. The van der Waals surface area contributed by atoms with E-state index in [-0.39, 0.29) is 0 Å². The molecule has 1 saturated heterocycles. The second-order valence-corrected chi connectivity index (χ2v) is 6.58. The number of ether oxygens (including phenoxy) is 2. The molecule has 6 heteroatoms. The maximum Gasteiger partial charge on any atom is 0.0907 e. The van der Waals surface area contributed by atoms with Gasteiger partial charge in [0.15, 0.2) is 0 Å². The van der Waals surface area contributed by atoms with Crippen molar-refractivity contribution in [1.29, 1.82) is 0 Å². The summed E-state index contributed by atoms with van der Waals surface area (Å²) in [7, 11) is 0. The number of para-hydroxylation sites is 1. The summed E-state index contributed by atoms with van der Waals surface area (Å²) in [6.07, 6.45) is 1.87. The molecule has 4 rings (SSSR count). The lowest BCUT2D eigenvalue weighted by Gasteiger charge is -2.26. The van der Waals surface area contributed by atoms with Gasteiger partial charge in [0.05, 0.1) is 49.5 Å². The molecular formula is C20H24N4O2. The van der Waals surface area contributed by atoms with Crippen LogP contribution < -0.4 is 0 Å². The van der Waals surface area contributed by atoms with E-state index < -0.39 is 0 Å². The first-order chi connectivity index (χ1) is 12.8. The molecule has 1 aliphatic heterocycles. The molecule has 0 aliphatic carbocycles. The fourth-order valence-electron chi connectivity index (χ4n) is 3.24. The Labute approximate surface area is 153 Å². The van der Waals surface area contributed by atoms with Crippen LogP contribution in [0.15, 0.2) is 42.6 Å². The summed E-state index contributed by atoms with van der Waals surface area (Å²) in [4.78, 5) is 6.90. The van der Waals surface area contributed by atoms with Crippen molar-refractivity contribution < 1.29 is 9.47 Å². The predicted octanol–water partition coefficient (Wildman–Crippen LogP) is 2.58. The summed E-state index contributed by atoms with van der Waals surface area (Å²) in [5, 5.41) is 5.80. The average molecular weight is 352 g/mol. The lowest BCUT2D eigenvalue weighted by Crippen LogP contribution is -2.38. The summed E-state index contributed by atoms with van der Waals surface area (Å²) in [5.41, 5.74) is 3.99. The molecule has 0 N–H and O–H groups in total. The van der Waals surface area contributed by atoms with Gasteiger partial charge in [-0.1, -0.05) is 18.2 Å². The van der Waals surface area contributed by atoms with E-state index in [0.29, 0.717) is 13.2 Å². The average Bonchev–Trinajstić information content (AvgIpc) is 3.06. The van der Waals surface area contributed by atoms with Gasteiger partial charge in [0.25, 0.3) is 0 Å². The van der Waals surface area contributed by atoms with E-state index in [1.165, 1.54) is 0 Å². The van der Waals surface area contributed by atoms with Crippen LogP contribution in [-0.2, 0) is 16.1 Å². The van der Waals surface area contributed by atoms with Gasteiger partial charge in [-0.15, -0.1) is 0 Å². The highest BCUT2D eigenvalue weighted by molar-refractivity contribution is 5.80. The van der Waals surface area contributed by atoms with Gasteiger partial charge in [-0.25, -0.2) is 4.68 Å². The Morgan fingerprint density at radius 2 is 2.00 bits per heavy atom. The van der Waals surface area contributed by atoms with E-state index in [2.05, 4.69) is 40.1 Å². The number of rotatable bonds is 6. The van der Waals surface area contributed by atoms with Gasteiger partial charge in [0.2, 0.25) is 0 Å². The molecule has 1 aliphatic rings. The molecule has 136 valence electrons. The topological polar surface area (TPSA) is 52.4 Å². The van der Waals surface area contributed by atoms with E-state index in [0.717, 1.165) is 60.8 Å². The Bertz CT molecular complexity index is 871. The standard InChI is InChI=1S/C20H24N4O2/c1-16-12-18(15-26-11-8-23-6-9-25-10-7-23)22-24(16)19-13-17-4-2-3-5-20(17)21-14-19/h2-5,12-14H,6-11,15H2,1H3. The first-order valence-electron chi connectivity index (χ1n) is 9.08. The van der Waals surface area contributed by atoms with Crippen LogP contribution in [0.1, 0.15) is 11.4 Å². The fourth-order valence-corrected chi connectivity index (χ4v) is 3.24. The van der Waals surface area contributed by atoms with E-state index in [4.69, 9.17) is 9.47 Å². The summed E-state index contributed by atoms with van der Waals surface area (Å²) < 4.78 is 13.1. The molecule has 0 amide bonds. The highest BCUT2D eigenvalue weighted by atomic mass is 16.5. The molecule has 0 saturated carbocycles. The number of aromatic nitrogens is 3. The number of aryl methyl sites for hydroxylation is 1. The minimum Gasteiger partial charge on any atom is -0.379 e. The zero-order chi connectivity index (χ0) is 17.8. The highest BCUT2D eigenvalue weighted by Gasteiger charge is 2.11. The number of hydrogen-bond acceptors (Lipinski definition) is 5. The van der Waals surface area contributed by atoms with Crippen molar-refractivity contribution in [3.63, 3.8) is 0 Å². The molecule has 0 spiro atoms. The van der Waals surface area contributed by atoms with Crippen LogP contribution in [0.5, 0.6) is 0 Å². The third-order valence-electron chi connectivity index (χ3n) is 4.66. The van der Waals surface area contributed by atoms with Crippen molar-refractivity contribution in [3.8, 4) is 5.69 Å². The summed E-state index contributed by atoms with van der Waals surface area (Å²) in [5.74, 6) is 0. The maximum atomic E-state index is 5.82. The minimum absolute atomic E-state index is 0.527. The fraction of sp³-hybridized carbons (Fsp3) is 0.400. The predicted molar refractivity (Wildman–Crippen MR) is 101 cm³/mol. The van der Waals surface area contributed by atoms with E-state index in [9.17, 15) is 0 Å². The van der Waals surface area contributed by atoms with Gasteiger partial charge < -0.3 is 9.47 Å². The van der Waals surface area contributed by atoms with Crippen molar-refractivity contribution in [3.05, 3.63) is 54.0 Å². The number of benzene rings is 1. The van der Waals surface area contributed by atoms with Crippen LogP contribution in [-0.4, -0.2) is 59.1 Å². The summed E-state index contributed by atoms with van der Waals surface area (Å²) in [6.45, 7) is 7.87. The van der Waals surface area contributed by atoms with E-state index in [1.54, 1.807) is 0 Å². The molecule has 1 fully saturated rings. The Balaban J connectivity index is 1.38. The third-order valence-corrected chi connectivity index (χ3v) is 4.66. The molecule has 0 atom stereocenters. The van der Waals surface area contributed by atoms with Gasteiger partial charge in [-0.3, -0.25) is 9.88 Å². The summed E-state index contributed by atoms with van der Waals surface area (Å²) in [6, 6.07) is 12.3. The van der Waals surface area contributed by atoms with Crippen LogP contribution in [0.3, 0.4) is 0 Å². The van der Waals surface area contributed by atoms with Crippen LogP contribution >= 0.6 is 0 Å². The number of hydrogen-bond donors (Lipinski definition) is 0. The van der Waals surface area contributed by atoms with Gasteiger partial charge >= 0.3 is 0 Å². The van der Waals surface area contributed by atoms with Gasteiger partial charge in [-0.05, 0) is 25.1 Å². The second-order valence-electron chi connectivity index (χ2n) is 6.58. The highest BCUT2D eigenvalue weighted by Crippen LogP contribution is 2.17. The molecule has 1 aromatic carbocycles. The zero-order valence-electron chi connectivity index (χ0n) is 15.1. The van der Waals surface area contributed by atoms with Crippen LogP contribution in [0.25, 0.3) is 16.6 Å². The van der Waals surface area contributed by atoms with Gasteiger partial charge in [0, 0.05) is 30.7 Å². The van der Waals surface area contributed by atoms with Crippen molar-refractivity contribution in [2.45, 2.75) is 13.5 Å². The third kappa shape index (κ3) is 3.93. The summed E-state index contributed by atoms with van der Waals surface area (Å²) >= 11 is 0. The molecule has 2 aromatic heterocycles. The molecule has 3 heterocycles. The largest absolute Gasteiger partial charge is 0.379 e. The van der Waals surface area contributed by atoms with E-state index in [1.807, 2.05) is 29.1 Å². The number of nitrogens with zero attached hydrogens (tertiary/aromatic N) is 4. The smallest absolute Gasteiger partial charge is 0.0907 e. The zero-order valence-corrected chi connectivity index (χ0v) is 15.1. The Kier molecular flexibility index (Phi) is 5.24. The van der Waals surface area contributed by atoms with Crippen molar-refractivity contribution in [2.75, 3.05) is 39.5 Å². The first-order valence-corrected chi connectivity index (χ1v) is 9.08. The van der Waals surface area contributed by atoms with Crippen molar-refractivity contribution in [2.24, 2.45) is 0 Å². The molecule has 6 nitrogen and oxygen atoms in total. The number of pyridine rings is 1. The molecule has 3 aromatic rings. The monoisotopic (exact) mass is 352 g/mol. The van der Waals surface area contributed by atoms with Crippen molar-refractivity contribution in [1.82, 2.24) is 19.7 Å². The Morgan fingerprint density at radius 1 is 1.15 bits per heavy atom. The molecule has 26 heavy (non-hydrogen) atoms. The minimum atomic E-state index is 0.527. The quantitative estimate of drug-likeness (QED) is 0.638.